The smallest absolute Gasteiger partial charge is 0.156 e. The summed E-state index contributed by atoms with van der Waals surface area (Å²) >= 11 is 1.93. The average Bonchev–Trinajstić information content (AvgIpc) is 2.40. The number of rotatable bonds is 4. The molecule has 1 unspecified atom stereocenters. The van der Waals surface area contributed by atoms with E-state index in [2.05, 4.69) is 12.2 Å². The topological polar surface area (TPSA) is 33.6 Å². The fraction of sp³-hybridized carbons (Fsp3) is 0.929. The highest BCUT2D eigenvalue weighted by Crippen LogP contribution is 2.41. The van der Waals surface area contributed by atoms with Crippen molar-refractivity contribution in [2.75, 3.05) is 32.6 Å². The van der Waals surface area contributed by atoms with Crippen LogP contribution in [-0.2, 0) is 4.74 Å². The van der Waals surface area contributed by atoms with Crippen LogP contribution in [0.5, 0.6) is 0 Å². The Morgan fingerprint density at radius 2 is 2.17 bits per heavy atom. The van der Waals surface area contributed by atoms with Crippen molar-refractivity contribution in [3.8, 4) is 0 Å². The van der Waals surface area contributed by atoms with E-state index < -0.39 is 0 Å². The van der Waals surface area contributed by atoms with Gasteiger partial charge in [-0.25, -0.2) is 0 Å². The number of amidine groups is 1. The maximum Gasteiger partial charge on any atom is 0.156 e. The molecule has 1 atom stereocenters. The van der Waals surface area contributed by atoms with Crippen LogP contribution in [-0.4, -0.2) is 37.7 Å². The van der Waals surface area contributed by atoms with Crippen LogP contribution in [0.3, 0.4) is 0 Å². The first-order valence-corrected chi connectivity index (χ1v) is 8.13. The second-order valence-corrected chi connectivity index (χ2v) is 6.88. The van der Waals surface area contributed by atoms with Gasteiger partial charge in [0.05, 0.1) is 6.61 Å². The Morgan fingerprint density at radius 1 is 1.39 bits per heavy atom. The Hall–Kier alpha value is -0.220. The summed E-state index contributed by atoms with van der Waals surface area (Å²) in [6.07, 6.45) is 7.01. The molecule has 1 saturated carbocycles. The predicted octanol–water partition coefficient (Wildman–Crippen LogP) is 2.91. The monoisotopic (exact) mass is 270 g/mol. The molecular weight excluding hydrogens is 244 g/mol. The van der Waals surface area contributed by atoms with Crippen molar-refractivity contribution in [2.45, 2.75) is 39.0 Å². The van der Waals surface area contributed by atoms with Gasteiger partial charge in [-0.05, 0) is 24.2 Å². The Bertz CT molecular complexity index is 288. The lowest BCUT2D eigenvalue weighted by Gasteiger charge is -2.38. The lowest BCUT2D eigenvalue weighted by molar-refractivity contribution is 0.161. The van der Waals surface area contributed by atoms with E-state index in [1.807, 2.05) is 11.8 Å². The molecule has 1 fully saturated rings. The predicted molar refractivity (Wildman–Crippen MR) is 79.3 cm³/mol. The van der Waals surface area contributed by atoms with Gasteiger partial charge >= 0.3 is 0 Å². The van der Waals surface area contributed by atoms with E-state index >= 15 is 0 Å². The van der Waals surface area contributed by atoms with Crippen molar-refractivity contribution < 1.29 is 4.74 Å². The van der Waals surface area contributed by atoms with Gasteiger partial charge in [0.1, 0.15) is 0 Å². The first-order chi connectivity index (χ1) is 8.74. The third-order valence-electron chi connectivity index (χ3n) is 4.04. The molecule has 0 radical (unpaired) electrons. The number of aliphatic imine (C=N–C) groups is 1. The van der Waals surface area contributed by atoms with Crippen LogP contribution in [0, 0.1) is 11.3 Å². The molecule has 18 heavy (non-hydrogen) atoms. The van der Waals surface area contributed by atoms with Crippen molar-refractivity contribution in [2.24, 2.45) is 16.3 Å². The fourth-order valence-electron chi connectivity index (χ4n) is 2.87. The van der Waals surface area contributed by atoms with Crippen LogP contribution < -0.4 is 5.32 Å². The summed E-state index contributed by atoms with van der Waals surface area (Å²) in [7, 11) is 1.76. The first kappa shape index (κ1) is 14.2. The van der Waals surface area contributed by atoms with E-state index in [-0.39, 0.29) is 0 Å². The van der Waals surface area contributed by atoms with Gasteiger partial charge in [0.2, 0.25) is 0 Å². The van der Waals surface area contributed by atoms with Gasteiger partial charge in [-0.15, -0.1) is 0 Å². The minimum absolute atomic E-state index is 0.534. The third kappa shape index (κ3) is 3.89. The first-order valence-electron chi connectivity index (χ1n) is 7.14. The highest BCUT2D eigenvalue weighted by molar-refractivity contribution is 8.13. The number of nitrogens with zero attached hydrogens (tertiary/aromatic N) is 1. The molecule has 1 spiro atoms. The number of hydrogen-bond donors (Lipinski definition) is 1. The standard InChI is InChI=1S/C14H26N2OS/c1-12(9-17-2)8-15-13-16-10-14(11-18-13)6-4-3-5-7-14/h12H,3-11H2,1-2H3,(H,15,16). The summed E-state index contributed by atoms with van der Waals surface area (Å²) in [4.78, 5) is 4.77. The van der Waals surface area contributed by atoms with Crippen molar-refractivity contribution in [1.29, 1.82) is 0 Å². The molecule has 1 aliphatic heterocycles. The molecule has 4 heteroatoms. The van der Waals surface area contributed by atoms with E-state index in [4.69, 9.17) is 9.73 Å². The zero-order chi connectivity index (χ0) is 12.8. The van der Waals surface area contributed by atoms with E-state index in [9.17, 15) is 0 Å². The quantitative estimate of drug-likeness (QED) is 0.853. The second-order valence-electron chi connectivity index (χ2n) is 5.91. The molecule has 0 aromatic rings. The normalized spacial score (nSPS) is 24.7. The van der Waals surface area contributed by atoms with Crippen LogP contribution in [0.2, 0.25) is 0 Å². The van der Waals surface area contributed by atoms with Crippen molar-refractivity contribution in [3.05, 3.63) is 0 Å². The highest BCUT2D eigenvalue weighted by Gasteiger charge is 2.34. The average molecular weight is 270 g/mol. The molecular formula is C14H26N2OS. The molecule has 0 aromatic heterocycles. The molecule has 104 valence electrons. The summed E-state index contributed by atoms with van der Waals surface area (Å²) in [5.41, 5.74) is 0.534. The summed E-state index contributed by atoms with van der Waals surface area (Å²) in [5.74, 6) is 1.81. The minimum atomic E-state index is 0.534. The lowest BCUT2D eigenvalue weighted by Crippen LogP contribution is -2.38. The number of ether oxygens (including phenoxy) is 1. The molecule has 0 bridgehead atoms. The molecule has 1 N–H and O–H groups in total. The van der Waals surface area contributed by atoms with Crippen LogP contribution in [0.25, 0.3) is 0 Å². The lowest BCUT2D eigenvalue weighted by atomic mass is 9.75. The molecule has 2 rings (SSSR count). The molecule has 1 aliphatic carbocycles. The summed E-state index contributed by atoms with van der Waals surface area (Å²) < 4.78 is 5.15. The SMILES string of the molecule is COCC(C)CNC1=NCC2(CCCCC2)CS1. The van der Waals surface area contributed by atoms with Gasteiger partial charge in [0, 0.05) is 26.0 Å². The van der Waals surface area contributed by atoms with Gasteiger partial charge in [-0.1, -0.05) is 37.9 Å². The summed E-state index contributed by atoms with van der Waals surface area (Å²) in [6.45, 7) is 5.02. The maximum atomic E-state index is 5.15. The molecule has 0 saturated heterocycles. The Labute approximate surface area is 115 Å². The van der Waals surface area contributed by atoms with E-state index in [1.165, 1.54) is 37.9 Å². The van der Waals surface area contributed by atoms with E-state index in [0.717, 1.165) is 24.9 Å². The summed E-state index contributed by atoms with van der Waals surface area (Å²) in [5, 5.41) is 4.61. The van der Waals surface area contributed by atoms with Crippen LogP contribution >= 0.6 is 11.8 Å². The van der Waals surface area contributed by atoms with Crippen LogP contribution in [0.1, 0.15) is 39.0 Å². The van der Waals surface area contributed by atoms with Crippen molar-refractivity contribution >= 4 is 16.9 Å². The summed E-state index contributed by atoms with van der Waals surface area (Å²) in [6, 6.07) is 0. The third-order valence-corrected chi connectivity index (χ3v) is 5.34. The van der Waals surface area contributed by atoms with Crippen molar-refractivity contribution in [3.63, 3.8) is 0 Å². The molecule has 0 aromatic carbocycles. The number of methoxy groups -OCH3 is 1. The van der Waals surface area contributed by atoms with Gasteiger partial charge in [-0.3, -0.25) is 4.99 Å². The van der Waals surface area contributed by atoms with Gasteiger partial charge in [0.25, 0.3) is 0 Å². The van der Waals surface area contributed by atoms with Crippen molar-refractivity contribution in [1.82, 2.24) is 5.32 Å². The van der Waals surface area contributed by atoms with Gasteiger partial charge in [-0.2, -0.15) is 0 Å². The zero-order valence-corrected chi connectivity index (χ0v) is 12.5. The Kier molecular flexibility index (Phi) is 5.37. The number of nitrogens with one attached hydrogen (secondary N) is 1. The van der Waals surface area contributed by atoms with Crippen LogP contribution in [0.15, 0.2) is 4.99 Å². The largest absolute Gasteiger partial charge is 0.384 e. The number of thioether (sulfide) groups is 1. The number of hydrogen-bond acceptors (Lipinski definition) is 4. The molecule has 2 aliphatic rings. The maximum absolute atomic E-state index is 5.15. The second kappa shape index (κ2) is 6.80. The van der Waals surface area contributed by atoms with E-state index in [0.29, 0.717) is 11.3 Å². The van der Waals surface area contributed by atoms with Gasteiger partial charge < -0.3 is 10.1 Å². The Morgan fingerprint density at radius 3 is 2.78 bits per heavy atom. The molecule has 3 nitrogen and oxygen atoms in total. The minimum Gasteiger partial charge on any atom is -0.384 e. The van der Waals surface area contributed by atoms with Gasteiger partial charge in [0.15, 0.2) is 5.17 Å². The Balaban J connectivity index is 1.76. The molecule has 1 heterocycles. The molecule has 0 amide bonds. The van der Waals surface area contributed by atoms with Crippen LogP contribution in [0.4, 0.5) is 0 Å². The fourth-order valence-corrected chi connectivity index (χ4v) is 4.03. The van der Waals surface area contributed by atoms with E-state index in [1.54, 1.807) is 7.11 Å². The highest BCUT2D eigenvalue weighted by atomic mass is 32.2. The zero-order valence-electron chi connectivity index (χ0n) is 11.7.